The Balaban J connectivity index is 1.21. The van der Waals surface area contributed by atoms with Crippen LogP contribution >= 0.6 is 0 Å². The van der Waals surface area contributed by atoms with Crippen molar-refractivity contribution in [2.45, 2.75) is 54.8 Å². The highest BCUT2D eigenvalue weighted by atomic mass is 19.3. The standard InChI is InChI=1S/C26H27F4N5O3/c27-18-3-6-20(21(28)9-18)25(37,14-35-16-32-33-34-35)26(29,30)23-10-22(11-23,12-23)17-1-4-19(5-2-17)38-15-24(36)7-8-31-13-24/h1-6,9,16,31,36-37H,7-8,10-15H2. The Morgan fingerprint density at radius 1 is 1.08 bits per heavy atom. The molecule has 38 heavy (non-hydrogen) atoms. The van der Waals surface area contributed by atoms with Gasteiger partial charge in [-0.1, -0.05) is 12.1 Å². The fourth-order valence-electron chi connectivity index (χ4n) is 6.51. The van der Waals surface area contributed by atoms with E-state index in [4.69, 9.17) is 4.74 Å². The van der Waals surface area contributed by atoms with E-state index in [0.29, 0.717) is 24.8 Å². The molecule has 2 aromatic carbocycles. The lowest BCUT2D eigenvalue weighted by Gasteiger charge is -2.74. The third-order valence-corrected chi connectivity index (χ3v) is 8.57. The molecule has 12 heteroatoms. The number of benzene rings is 2. The number of tetrazole rings is 1. The minimum atomic E-state index is -3.78. The molecule has 202 valence electrons. The second-order valence-corrected chi connectivity index (χ2v) is 11.1. The van der Waals surface area contributed by atoms with Crippen LogP contribution in [0, 0.1) is 17.0 Å². The number of hydrogen-bond donors (Lipinski definition) is 3. The number of rotatable bonds is 9. The van der Waals surface area contributed by atoms with Crippen LogP contribution in [0.3, 0.4) is 0 Å². The average molecular weight is 534 g/mol. The minimum Gasteiger partial charge on any atom is -0.491 e. The van der Waals surface area contributed by atoms with E-state index in [1.165, 1.54) is 0 Å². The van der Waals surface area contributed by atoms with E-state index in [1.54, 1.807) is 12.1 Å². The van der Waals surface area contributed by atoms with Crippen LogP contribution in [0.2, 0.25) is 0 Å². The van der Waals surface area contributed by atoms with Crippen LogP contribution in [0.4, 0.5) is 17.6 Å². The van der Waals surface area contributed by atoms with Gasteiger partial charge in [0.2, 0.25) is 0 Å². The van der Waals surface area contributed by atoms with Crippen molar-refractivity contribution in [2.75, 3.05) is 19.7 Å². The molecule has 0 spiro atoms. The number of aromatic nitrogens is 4. The molecule has 4 fully saturated rings. The van der Waals surface area contributed by atoms with Crippen molar-refractivity contribution in [3.63, 3.8) is 0 Å². The second-order valence-electron chi connectivity index (χ2n) is 11.1. The van der Waals surface area contributed by atoms with Gasteiger partial charge in [0.15, 0.2) is 5.60 Å². The van der Waals surface area contributed by atoms with E-state index in [-0.39, 0.29) is 25.9 Å². The molecule has 7 rings (SSSR count). The van der Waals surface area contributed by atoms with Gasteiger partial charge in [-0.15, -0.1) is 5.10 Å². The smallest absolute Gasteiger partial charge is 0.287 e. The third kappa shape index (κ3) is 3.72. The molecule has 8 nitrogen and oxygen atoms in total. The Morgan fingerprint density at radius 2 is 1.82 bits per heavy atom. The fraction of sp³-hybridized carbons (Fsp3) is 0.500. The van der Waals surface area contributed by atoms with Crippen molar-refractivity contribution in [1.82, 2.24) is 25.5 Å². The first kappa shape index (κ1) is 25.2. The van der Waals surface area contributed by atoms with Crippen LogP contribution < -0.4 is 10.1 Å². The van der Waals surface area contributed by atoms with Gasteiger partial charge >= 0.3 is 0 Å². The number of halogens is 4. The molecule has 0 radical (unpaired) electrons. The Hall–Kier alpha value is -3.09. The Bertz CT molecular complexity index is 1310. The van der Waals surface area contributed by atoms with Crippen LogP contribution in [0.1, 0.15) is 36.8 Å². The largest absolute Gasteiger partial charge is 0.491 e. The van der Waals surface area contributed by atoms with Gasteiger partial charge < -0.3 is 20.3 Å². The van der Waals surface area contributed by atoms with Crippen LogP contribution in [-0.2, 0) is 17.6 Å². The molecular weight excluding hydrogens is 506 g/mol. The number of β-amino-alcohol motifs (C(OH)–C–C–N with tert-alkyl or cyclic N) is 1. The predicted octanol–water partition coefficient (Wildman–Crippen LogP) is 2.70. The predicted molar refractivity (Wildman–Crippen MR) is 125 cm³/mol. The summed E-state index contributed by atoms with van der Waals surface area (Å²) in [5.74, 6) is -5.41. The van der Waals surface area contributed by atoms with E-state index in [0.717, 1.165) is 35.3 Å². The Morgan fingerprint density at radius 3 is 2.42 bits per heavy atom. The molecule has 1 aliphatic heterocycles. The maximum atomic E-state index is 16.3. The van der Waals surface area contributed by atoms with Crippen molar-refractivity contribution >= 4 is 0 Å². The third-order valence-electron chi connectivity index (χ3n) is 8.57. The van der Waals surface area contributed by atoms with Crippen molar-refractivity contribution in [2.24, 2.45) is 5.41 Å². The van der Waals surface area contributed by atoms with Crippen molar-refractivity contribution < 1.29 is 32.5 Å². The molecule has 3 aliphatic carbocycles. The maximum absolute atomic E-state index is 16.3. The summed E-state index contributed by atoms with van der Waals surface area (Å²) < 4.78 is 67.6. The summed E-state index contributed by atoms with van der Waals surface area (Å²) in [5.41, 5.74) is -5.80. The van der Waals surface area contributed by atoms with Gasteiger partial charge in [0.1, 0.15) is 35.9 Å². The number of aliphatic hydroxyl groups is 2. The number of alkyl halides is 2. The lowest BCUT2D eigenvalue weighted by Crippen LogP contribution is -2.76. The molecule has 2 bridgehead atoms. The Labute approximate surface area is 215 Å². The molecule has 0 amide bonds. The molecule has 3 N–H and O–H groups in total. The first-order valence-corrected chi connectivity index (χ1v) is 12.4. The zero-order valence-electron chi connectivity index (χ0n) is 20.4. The molecule has 2 heterocycles. The molecular formula is C26H27F4N5O3. The van der Waals surface area contributed by atoms with E-state index in [9.17, 15) is 19.0 Å². The highest BCUT2D eigenvalue weighted by molar-refractivity contribution is 5.44. The number of nitrogens with one attached hydrogen (secondary N) is 1. The lowest BCUT2D eigenvalue weighted by atomic mass is 9.30. The van der Waals surface area contributed by atoms with Crippen molar-refractivity contribution in [3.8, 4) is 5.75 Å². The molecule has 1 saturated heterocycles. The van der Waals surface area contributed by atoms with Gasteiger partial charge in [-0.25, -0.2) is 22.2 Å². The molecule has 1 aromatic heterocycles. The van der Waals surface area contributed by atoms with E-state index in [2.05, 4.69) is 20.8 Å². The molecule has 3 aromatic rings. The van der Waals surface area contributed by atoms with Gasteiger partial charge in [0.05, 0.1) is 6.54 Å². The second kappa shape index (κ2) is 8.45. The normalized spacial score (nSPS) is 29.8. The number of nitrogens with zero attached hydrogens (tertiary/aromatic N) is 4. The van der Waals surface area contributed by atoms with Crippen LogP contribution in [-0.4, -0.2) is 61.6 Å². The quantitative estimate of drug-likeness (QED) is 0.364. The maximum Gasteiger partial charge on any atom is 0.287 e. The SMILES string of the molecule is OC1(COc2ccc(C34CC(C(F)(F)C(O)(Cn5cnnn5)c5ccc(F)cc5F)(C3)C4)cc2)CCNC1. The summed E-state index contributed by atoms with van der Waals surface area (Å²) in [6, 6.07) is 9.35. The number of hydrogen-bond acceptors (Lipinski definition) is 7. The van der Waals surface area contributed by atoms with Gasteiger partial charge in [0, 0.05) is 23.6 Å². The highest BCUT2D eigenvalue weighted by Crippen LogP contribution is 2.80. The fourth-order valence-corrected chi connectivity index (χ4v) is 6.51. The first-order valence-electron chi connectivity index (χ1n) is 12.4. The molecule has 3 saturated carbocycles. The zero-order valence-corrected chi connectivity index (χ0v) is 20.4. The first-order chi connectivity index (χ1) is 18.0. The lowest BCUT2D eigenvalue weighted by molar-refractivity contribution is -0.347. The van der Waals surface area contributed by atoms with E-state index >= 15 is 8.78 Å². The van der Waals surface area contributed by atoms with E-state index < -0.39 is 51.7 Å². The van der Waals surface area contributed by atoms with Gasteiger partial charge in [0.25, 0.3) is 5.92 Å². The number of ether oxygens (including phenoxy) is 1. The summed E-state index contributed by atoms with van der Waals surface area (Å²) in [6.45, 7) is 0.538. The topological polar surface area (TPSA) is 105 Å². The Kier molecular flexibility index (Phi) is 5.61. The minimum absolute atomic E-state index is 0.0966. The summed E-state index contributed by atoms with van der Waals surface area (Å²) in [4.78, 5) is 0. The average Bonchev–Trinajstić information content (AvgIpc) is 3.48. The van der Waals surface area contributed by atoms with Gasteiger partial charge in [-0.3, -0.25) is 0 Å². The molecule has 4 aliphatic rings. The molecule has 2 unspecified atom stereocenters. The monoisotopic (exact) mass is 533 g/mol. The summed E-state index contributed by atoms with van der Waals surface area (Å²) in [7, 11) is 0. The van der Waals surface area contributed by atoms with Crippen molar-refractivity contribution in [3.05, 3.63) is 71.6 Å². The highest BCUT2D eigenvalue weighted by Gasteiger charge is 2.82. The van der Waals surface area contributed by atoms with Crippen LogP contribution in [0.5, 0.6) is 5.75 Å². The summed E-state index contributed by atoms with van der Waals surface area (Å²) in [6.07, 6.45) is 1.95. The van der Waals surface area contributed by atoms with Crippen molar-refractivity contribution in [1.29, 1.82) is 0 Å². The van der Waals surface area contributed by atoms with Crippen LogP contribution in [0.15, 0.2) is 48.8 Å². The summed E-state index contributed by atoms with van der Waals surface area (Å²) >= 11 is 0. The van der Waals surface area contributed by atoms with Gasteiger partial charge in [-0.2, -0.15) is 0 Å². The van der Waals surface area contributed by atoms with E-state index in [1.807, 2.05) is 12.1 Å². The zero-order chi connectivity index (χ0) is 26.8. The molecule has 2 atom stereocenters. The van der Waals surface area contributed by atoms with Gasteiger partial charge in [-0.05, 0) is 77.9 Å². The summed E-state index contributed by atoms with van der Waals surface area (Å²) in [5, 5.41) is 35.4. The van der Waals surface area contributed by atoms with Crippen LogP contribution in [0.25, 0.3) is 0 Å².